The van der Waals surface area contributed by atoms with Crippen molar-refractivity contribution in [2.45, 2.75) is 31.9 Å². The third kappa shape index (κ3) is 1.99. The summed E-state index contributed by atoms with van der Waals surface area (Å²) in [6, 6.07) is 6.85. The Bertz CT molecular complexity index is 822. The molecular formula is C20H24N2O2. The van der Waals surface area contributed by atoms with Crippen molar-refractivity contribution < 1.29 is 9.47 Å². The number of H-pyrrole nitrogens is 1. The van der Waals surface area contributed by atoms with Crippen LogP contribution in [-0.4, -0.2) is 31.3 Å². The number of methoxy groups -OCH3 is 1. The topological polar surface area (TPSA) is 46.3 Å². The second kappa shape index (κ2) is 5.36. The average molecular weight is 324 g/mol. The number of nitrogens with one attached hydrogen (secondary N) is 2. The smallest absolute Gasteiger partial charge is 0.120 e. The monoisotopic (exact) mass is 324 g/mol. The van der Waals surface area contributed by atoms with Gasteiger partial charge in [0.2, 0.25) is 0 Å². The van der Waals surface area contributed by atoms with Crippen LogP contribution in [0.25, 0.3) is 10.9 Å². The molecule has 4 bridgehead atoms. The maximum absolute atomic E-state index is 6.29. The number of rotatable bonds is 1. The number of benzene rings is 1. The van der Waals surface area contributed by atoms with E-state index < -0.39 is 0 Å². The lowest BCUT2D eigenvalue weighted by molar-refractivity contribution is -0.0633. The fraction of sp³-hybridized carbons (Fsp3) is 0.500. The van der Waals surface area contributed by atoms with E-state index in [1.54, 1.807) is 12.7 Å². The van der Waals surface area contributed by atoms with E-state index in [1.165, 1.54) is 16.6 Å². The highest BCUT2D eigenvalue weighted by molar-refractivity contribution is 5.86. The van der Waals surface area contributed by atoms with Gasteiger partial charge in [-0.25, -0.2) is 0 Å². The first-order valence-electron chi connectivity index (χ1n) is 8.97. The number of ether oxygens (including phenoxy) is 2. The van der Waals surface area contributed by atoms with Crippen molar-refractivity contribution in [3.05, 3.63) is 41.1 Å². The summed E-state index contributed by atoms with van der Waals surface area (Å²) in [5.41, 5.74) is 5.44. The van der Waals surface area contributed by atoms with E-state index in [9.17, 15) is 0 Å². The van der Waals surface area contributed by atoms with E-state index in [1.807, 2.05) is 0 Å². The summed E-state index contributed by atoms with van der Waals surface area (Å²) in [6.07, 6.45) is 4.68. The van der Waals surface area contributed by atoms with Crippen molar-refractivity contribution in [2.24, 2.45) is 11.8 Å². The quantitative estimate of drug-likeness (QED) is 0.791. The van der Waals surface area contributed by atoms with Crippen LogP contribution in [0.4, 0.5) is 0 Å². The minimum absolute atomic E-state index is 0.189. The van der Waals surface area contributed by atoms with Crippen molar-refractivity contribution in [1.82, 2.24) is 10.3 Å². The summed E-state index contributed by atoms with van der Waals surface area (Å²) in [7, 11) is 1.72. The number of hydrogen-bond donors (Lipinski definition) is 2. The first-order chi connectivity index (χ1) is 11.8. The summed E-state index contributed by atoms with van der Waals surface area (Å²) >= 11 is 0. The molecule has 1 aliphatic carbocycles. The molecule has 4 aliphatic rings. The lowest BCUT2D eigenvalue weighted by atomic mass is 9.69. The molecule has 0 unspecified atom stereocenters. The minimum Gasteiger partial charge on any atom is -0.497 e. The fourth-order valence-corrected chi connectivity index (χ4v) is 5.01. The van der Waals surface area contributed by atoms with E-state index in [-0.39, 0.29) is 6.10 Å². The highest BCUT2D eigenvalue weighted by Gasteiger charge is 2.44. The number of fused-ring (bicyclic) bond motifs is 2. The predicted molar refractivity (Wildman–Crippen MR) is 94.4 cm³/mol. The Balaban J connectivity index is 1.66. The molecule has 1 aromatic carbocycles. The van der Waals surface area contributed by atoms with Crippen molar-refractivity contribution in [3.8, 4) is 5.75 Å². The Morgan fingerprint density at radius 2 is 2.25 bits per heavy atom. The van der Waals surface area contributed by atoms with Gasteiger partial charge < -0.3 is 19.8 Å². The second-order valence-electron chi connectivity index (χ2n) is 7.31. The van der Waals surface area contributed by atoms with E-state index >= 15 is 0 Å². The highest BCUT2D eigenvalue weighted by atomic mass is 16.5. The molecule has 2 fully saturated rings. The zero-order valence-electron chi connectivity index (χ0n) is 14.3. The average Bonchev–Trinajstić information content (AvgIpc) is 2.97. The van der Waals surface area contributed by atoms with Crippen molar-refractivity contribution >= 4 is 10.9 Å². The Hall–Kier alpha value is -1.78. The minimum atomic E-state index is 0.189. The first kappa shape index (κ1) is 14.6. The summed E-state index contributed by atoms with van der Waals surface area (Å²) in [4.78, 5) is 3.65. The molecule has 0 spiro atoms. The van der Waals surface area contributed by atoms with Gasteiger partial charge in [0.25, 0.3) is 0 Å². The first-order valence-corrected chi connectivity index (χ1v) is 8.97. The molecule has 126 valence electrons. The molecule has 1 aromatic heterocycles. The molecule has 0 radical (unpaired) electrons. The molecule has 4 heteroatoms. The van der Waals surface area contributed by atoms with E-state index in [0.717, 1.165) is 37.3 Å². The number of allylic oxidation sites excluding steroid dienone is 1. The van der Waals surface area contributed by atoms with Crippen LogP contribution in [0.1, 0.15) is 30.7 Å². The van der Waals surface area contributed by atoms with E-state index in [4.69, 9.17) is 9.47 Å². The molecule has 24 heavy (non-hydrogen) atoms. The lowest BCUT2D eigenvalue weighted by Gasteiger charge is -2.47. The van der Waals surface area contributed by atoms with E-state index in [0.29, 0.717) is 17.9 Å². The normalized spacial score (nSPS) is 33.3. The summed E-state index contributed by atoms with van der Waals surface area (Å²) in [5.74, 6) is 2.15. The number of aromatic amines is 1. The number of aromatic nitrogens is 1. The van der Waals surface area contributed by atoms with Gasteiger partial charge in [-0.3, -0.25) is 0 Å². The van der Waals surface area contributed by atoms with Crippen LogP contribution in [0.15, 0.2) is 29.8 Å². The van der Waals surface area contributed by atoms with Crippen molar-refractivity contribution in [3.63, 3.8) is 0 Å². The molecule has 4 nitrogen and oxygen atoms in total. The van der Waals surface area contributed by atoms with Crippen LogP contribution in [0.5, 0.6) is 5.75 Å². The van der Waals surface area contributed by atoms with Gasteiger partial charge >= 0.3 is 0 Å². The molecular weight excluding hydrogens is 300 g/mol. The van der Waals surface area contributed by atoms with Crippen LogP contribution >= 0.6 is 0 Å². The van der Waals surface area contributed by atoms with E-state index in [2.05, 4.69) is 41.5 Å². The molecule has 4 atom stereocenters. The third-order valence-electron chi connectivity index (χ3n) is 6.30. The summed E-state index contributed by atoms with van der Waals surface area (Å²) < 4.78 is 11.7. The van der Waals surface area contributed by atoms with Crippen LogP contribution in [0, 0.1) is 11.8 Å². The molecule has 0 amide bonds. The predicted octanol–water partition coefficient (Wildman–Crippen LogP) is 3.34. The van der Waals surface area contributed by atoms with Crippen LogP contribution in [0.2, 0.25) is 0 Å². The standard InChI is InChI=1S/C20H24N2O2/c1-3-11-9-21-17-7-15-13-5-4-12(23-2)6-18(13)22-20(15)19-8-14(11)16(17)10-24-19/h3-6,14,16-17,19,21-22H,7-10H2,1-2H3/b11-3-/t14-,16-,17-,19-/m0/s1. The van der Waals surface area contributed by atoms with Gasteiger partial charge in [-0.15, -0.1) is 0 Å². The van der Waals surface area contributed by atoms with Gasteiger partial charge in [0.05, 0.1) is 19.8 Å². The van der Waals surface area contributed by atoms with Gasteiger partial charge in [-0.05, 0) is 43.4 Å². The highest BCUT2D eigenvalue weighted by Crippen LogP contribution is 2.47. The van der Waals surface area contributed by atoms with Gasteiger partial charge in [-0.1, -0.05) is 11.6 Å². The Morgan fingerprint density at radius 1 is 1.33 bits per heavy atom. The maximum Gasteiger partial charge on any atom is 0.120 e. The number of hydrogen-bond acceptors (Lipinski definition) is 3. The fourth-order valence-electron chi connectivity index (χ4n) is 5.01. The van der Waals surface area contributed by atoms with Gasteiger partial charge in [-0.2, -0.15) is 0 Å². The van der Waals surface area contributed by atoms with Gasteiger partial charge in [0, 0.05) is 41.2 Å². The molecule has 2 N–H and O–H groups in total. The molecule has 0 saturated carbocycles. The maximum atomic E-state index is 6.29. The number of piperidine rings is 1. The Morgan fingerprint density at radius 3 is 3.08 bits per heavy atom. The second-order valence-corrected chi connectivity index (χ2v) is 7.31. The van der Waals surface area contributed by atoms with Crippen LogP contribution in [-0.2, 0) is 11.2 Å². The molecule has 6 rings (SSSR count). The Labute approximate surface area is 142 Å². The summed E-state index contributed by atoms with van der Waals surface area (Å²) in [6.45, 7) is 4.06. The molecule has 2 aromatic rings. The molecule has 3 aliphatic heterocycles. The lowest BCUT2D eigenvalue weighted by Crippen LogP contribution is -2.53. The largest absolute Gasteiger partial charge is 0.497 e. The van der Waals surface area contributed by atoms with Crippen LogP contribution < -0.4 is 10.1 Å². The third-order valence-corrected chi connectivity index (χ3v) is 6.30. The zero-order valence-corrected chi connectivity index (χ0v) is 14.3. The summed E-state index contributed by atoms with van der Waals surface area (Å²) in [5, 5.41) is 5.09. The van der Waals surface area contributed by atoms with Gasteiger partial charge in [0.15, 0.2) is 0 Å². The van der Waals surface area contributed by atoms with Crippen molar-refractivity contribution in [1.29, 1.82) is 0 Å². The zero-order chi connectivity index (χ0) is 16.3. The Kier molecular flexibility index (Phi) is 3.25. The van der Waals surface area contributed by atoms with Crippen molar-refractivity contribution in [2.75, 3.05) is 20.3 Å². The van der Waals surface area contributed by atoms with Gasteiger partial charge in [0.1, 0.15) is 5.75 Å². The molecule has 2 saturated heterocycles. The van der Waals surface area contributed by atoms with Crippen LogP contribution in [0.3, 0.4) is 0 Å². The SMILES string of the molecule is C/C=C1/CN[C@H]2Cc3c([nH]c4cc(OC)ccc34)[C@@H]3C[C@@H]1[C@@H]2CO3. The molecule has 4 heterocycles.